The zero-order valence-electron chi connectivity index (χ0n) is 9.94. The van der Waals surface area contributed by atoms with Gasteiger partial charge in [-0.1, -0.05) is 0 Å². The molecule has 1 rings (SSSR count). The van der Waals surface area contributed by atoms with Gasteiger partial charge in [-0.25, -0.2) is 9.37 Å². The van der Waals surface area contributed by atoms with Crippen molar-refractivity contribution in [2.24, 2.45) is 0 Å². The van der Waals surface area contributed by atoms with Crippen LogP contribution in [0, 0.1) is 5.82 Å². The summed E-state index contributed by atoms with van der Waals surface area (Å²) in [6.45, 7) is 1.20. The Balaban J connectivity index is 2.78. The summed E-state index contributed by atoms with van der Waals surface area (Å²) in [6, 6.07) is 1.48. The lowest BCUT2D eigenvalue weighted by molar-refractivity contribution is 0.275. The third-order valence-corrected chi connectivity index (χ3v) is 2.37. The number of nitrogens with zero attached hydrogens (tertiary/aromatic N) is 3. The van der Waals surface area contributed by atoms with Crippen LogP contribution in [-0.4, -0.2) is 49.2 Å². The largest absolute Gasteiger partial charge is 0.392 e. The Labute approximate surface area is 95.3 Å². The van der Waals surface area contributed by atoms with E-state index in [4.69, 9.17) is 5.11 Å². The highest BCUT2D eigenvalue weighted by Gasteiger charge is 2.12. The van der Waals surface area contributed by atoms with E-state index in [0.717, 1.165) is 6.54 Å². The molecule has 1 aromatic heterocycles. The van der Waals surface area contributed by atoms with E-state index < -0.39 is 5.82 Å². The Hall–Kier alpha value is -1.20. The maximum atomic E-state index is 13.8. The number of halogens is 1. The Morgan fingerprint density at radius 1 is 1.31 bits per heavy atom. The van der Waals surface area contributed by atoms with E-state index in [0.29, 0.717) is 6.54 Å². The first-order valence-corrected chi connectivity index (χ1v) is 5.16. The lowest BCUT2D eigenvalue weighted by atomic mass is 10.2. The summed E-state index contributed by atoms with van der Waals surface area (Å²) >= 11 is 0. The van der Waals surface area contributed by atoms with E-state index in [2.05, 4.69) is 4.98 Å². The average Bonchev–Trinajstić information content (AvgIpc) is 2.26. The molecule has 0 bridgehead atoms. The van der Waals surface area contributed by atoms with Crippen molar-refractivity contribution in [3.8, 4) is 0 Å². The average molecular weight is 227 g/mol. The monoisotopic (exact) mass is 227 g/mol. The van der Waals surface area contributed by atoms with E-state index in [1.807, 2.05) is 19.0 Å². The van der Waals surface area contributed by atoms with Gasteiger partial charge in [-0.05, 0) is 20.2 Å². The van der Waals surface area contributed by atoms with E-state index in [1.54, 1.807) is 11.9 Å². The van der Waals surface area contributed by atoms with Crippen molar-refractivity contribution in [1.82, 2.24) is 9.88 Å². The molecule has 0 aliphatic rings. The number of aromatic nitrogens is 1. The summed E-state index contributed by atoms with van der Waals surface area (Å²) in [5, 5.41) is 8.95. The fourth-order valence-corrected chi connectivity index (χ4v) is 1.32. The summed E-state index contributed by atoms with van der Waals surface area (Å²) in [5.74, 6) is -0.153. The number of hydrogen-bond donors (Lipinski definition) is 1. The van der Waals surface area contributed by atoms with Gasteiger partial charge in [0.05, 0.1) is 6.61 Å². The quantitative estimate of drug-likeness (QED) is 0.804. The lowest BCUT2D eigenvalue weighted by Gasteiger charge is -2.21. The first-order valence-electron chi connectivity index (χ1n) is 5.16. The fraction of sp³-hybridized carbons (Fsp3) is 0.545. The smallest absolute Gasteiger partial charge is 0.171 e. The number of pyridine rings is 1. The molecular formula is C11H18FN3O. The molecule has 0 saturated heterocycles. The molecule has 0 amide bonds. The predicted octanol–water partition coefficient (Wildman–Crippen LogP) is 0.711. The molecule has 0 fully saturated rings. The molecule has 0 aromatic carbocycles. The number of anilines is 1. The molecule has 0 radical (unpaired) electrons. The highest BCUT2D eigenvalue weighted by molar-refractivity contribution is 5.42. The Kier molecular flexibility index (Phi) is 4.64. The maximum Gasteiger partial charge on any atom is 0.171 e. The minimum absolute atomic E-state index is 0.279. The molecule has 1 aromatic rings. The van der Waals surface area contributed by atoms with Crippen LogP contribution in [0.5, 0.6) is 0 Å². The number of aliphatic hydroxyl groups excluding tert-OH is 1. The molecule has 0 spiro atoms. The van der Waals surface area contributed by atoms with E-state index in [9.17, 15) is 4.39 Å². The summed E-state index contributed by atoms with van der Waals surface area (Å²) in [7, 11) is 5.71. The van der Waals surface area contributed by atoms with Gasteiger partial charge in [0.2, 0.25) is 0 Å². The molecule has 0 saturated carbocycles. The number of aliphatic hydroxyl groups is 1. The van der Waals surface area contributed by atoms with Crippen molar-refractivity contribution >= 4 is 5.82 Å². The summed E-state index contributed by atoms with van der Waals surface area (Å²) < 4.78 is 13.8. The molecule has 0 atom stereocenters. The standard InChI is InChI=1S/C11H18FN3O/c1-14(2)6-7-15(3)11-10(12)9(8-16)4-5-13-11/h4-5,16H,6-8H2,1-3H3. The summed E-state index contributed by atoms with van der Waals surface area (Å²) in [6.07, 6.45) is 1.51. The highest BCUT2D eigenvalue weighted by atomic mass is 19.1. The van der Waals surface area contributed by atoms with Crippen molar-refractivity contribution in [3.05, 3.63) is 23.6 Å². The normalized spacial score (nSPS) is 10.9. The third-order valence-electron chi connectivity index (χ3n) is 2.37. The van der Waals surface area contributed by atoms with Crippen molar-refractivity contribution in [3.63, 3.8) is 0 Å². The van der Waals surface area contributed by atoms with Gasteiger partial charge >= 0.3 is 0 Å². The Morgan fingerprint density at radius 3 is 2.56 bits per heavy atom. The molecule has 5 heteroatoms. The van der Waals surface area contributed by atoms with Gasteiger partial charge in [0, 0.05) is 31.9 Å². The zero-order chi connectivity index (χ0) is 12.1. The molecule has 0 aliphatic heterocycles. The number of hydrogen-bond acceptors (Lipinski definition) is 4. The number of rotatable bonds is 5. The first kappa shape index (κ1) is 12.9. The van der Waals surface area contributed by atoms with Gasteiger partial charge < -0.3 is 14.9 Å². The molecular weight excluding hydrogens is 209 g/mol. The van der Waals surface area contributed by atoms with Gasteiger partial charge in [0.1, 0.15) is 0 Å². The van der Waals surface area contributed by atoms with Gasteiger partial charge in [-0.15, -0.1) is 0 Å². The number of likely N-dealkylation sites (N-methyl/N-ethyl adjacent to an activating group) is 2. The van der Waals surface area contributed by atoms with Crippen LogP contribution < -0.4 is 4.90 Å². The second-order valence-electron chi connectivity index (χ2n) is 3.99. The molecule has 0 unspecified atom stereocenters. The van der Waals surface area contributed by atoms with Crippen LogP contribution in [0.2, 0.25) is 0 Å². The van der Waals surface area contributed by atoms with Gasteiger partial charge in [0.25, 0.3) is 0 Å². The van der Waals surface area contributed by atoms with Gasteiger partial charge in [-0.3, -0.25) is 0 Å². The first-order chi connectivity index (χ1) is 7.56. The zero-order valence-corrected chi connectivity index (χ0v) is 9.94. The molecule has 4 nitrogen and oxygen atoms in total. The SMILES string of the molecule is CN(C)CCN(C)c1nccc(CO)c1F. The van der Waals surface area contributed by atoms with Crippen molar-refractivity contribution in [2.75, 3.05) is 39.1 Å². The van der Waals surface area contributed by atoms with Crippen molar-refractivity contribution in [2.45, 2.75) is 6.61 Å². The van der Waals surface area contributed by atoms with E-state index in [-0.39, 0.29) is 18.0 Å². The van der Waals surface area contributed by atoms with Gasteiger partial charge in [-0.2, -0.15) is 0 Å². The van der Waals surface area contributed by atoms with E-state index >= 15 is 0 Å². The second kappa shape index (κ2) is 5.77. The second-order valence-corrected chi connectivity index (χ2v) is 3.99. The maximum absolute atomic E-state index is 13.8. The van der Waals surface area contributed by atoms with Crippen molar-refractivity contribution in [1.29, 1.82) is 0 Å². The molecule has 16 heavy (non-hydrogen) atoms. The van der Waals surface area contributed by atoms with Gasteiger partial charge in [0.15, 0.2) is 11.6 Å². The van der Waals surface area contributed by atoms with Crippen LogP contribution in [0.25, 0.3) is 0 Å². The molecule has 1 N–H and O–H groups in total. The molecule has 90 valence electrons. The van der Waals surface area contributed by atoms with Crippen molar-refractivity contribution < 1.29 is 9.50 Å². The Morgan fingerprint density at radius 2 is 2.00 bits per heavy atom. The fourth-order valence-electron chi connectivity index (χ4n) is 1.32. The Bertz CT molecular complexity index is 344. The third kappa shape index (κ3) is 3.15. The van der Waals surface area contributed by atoms with Crippen LogP contribution in [0.4, 0.5) is 10.2 Å². The molecule has 1 heterocycles. The highest BCUT2D eigenvalue weighted by Crippen LogP contribution is 2.17. The van der Waals surface area contributed by atoms with Crippen LogP contribution in [0.15, 0.2) is 12.3 Å². The van der Waals surface area contributed by atoms with Crippen LogP contribution in [-0.2, 0) is 6.61 Å². The topological polar surface area (TPSA) is 39.6 Å². The minimum Gasteiger partial charge on any atom is -0.392 e. The van der Waals surface area contributed by atoms with E-state index in [1.165, 1.54) is 12.3 Å². The predicted molar refractivity (Wildman–Crippen MR) is 61.9 cm³/mol. The molecule has 0 aliphatic carbocycles. The lowest BCUT2D eigenvalue weighted by Crippen LogP contribution is -2.29. The minimum atomic E-state index is -0.439. The van der Waals surface area contributed by atoms with Crippen LogP contribution >= 0.6 is 0 Å². The van der Waals surface area contributed by atoms with Crippen LogP contribution in [0.1, 0.15) is 5.56 Å². The summed E-state index contributed by atoms with van der Waals surface area (Å²) in [4.78, 5) is 7.75. The summed E-state index contributed by atoms with van der Waals surface area (Å²) in [5.41, 5.74) is 0.279. The van der Waals surface area contributed by atoms with Crippen LogP contribution in [0.3, 0.4) is 0 Å².